The topological polar surface area (TPSA) is 56.7 Å². The third-order valence-electron chi connectivity index (χ3n) is 5.82. The lowest BCUT2D eigenvalue weighted by Crippen LogP contribution is -2.45. The third-order valence-corrected chi connectivity index (χ3v) is 5.82. The molecule has 1 amide bonds. The zero-order valence-corrected chi connectivity index (χ0v) is 20.0. The van der Waals surface area contributed by atoms with Gasteiger partial charge in [-0.15, -0.1) is 24.0 Å². The van der Waals surface area contributed by atoms with Crippen molar-refractivity contribution in [2.75, 3.05) is 26.2 Å². The molecular weight excluding hydrogens is 501 g/mol. The molecule has 1 saturated carbocycles. The van der Waals surface area contributed by atoms with Crippen LogP contribution in [0.4, 0.5) is 8.78 Å². The second kappa shape index (κ2) is 12.4. The van der Waals surface area contributed by atoms with Crippen molar-refractivity contribution < 1.29 is 13.6 Å². The molecule has 0 spiro atoms. The van der Waals surface area contributed by atoms with Gasteiger partial charge in [0, 0.05) is 38.1 Å². The summed E-state index contributed by atoms with van der Waals surface area (Å²) in [6, 6.07) is 4.37. The number of nitrogens with zero attached hydrogens (tertiary/aromatic N) is 2. The van der Waals surface area contributed by atoms with Gasteiger partial charge in [0.15, 0.2) is 17.6 Å². The average molecular weight is 534 g/mol. The van der Waals surface area contributed by atoms with Crippen LogP contribution in [0.1, 0.15) is 51.0 Å². The summed E-state index contributed by atoms with van der Waals surface area (Å²) in [7, 11) is 0. The molecule has 0 aromatic heterocycles. The number of likely N-dealkylation sites (tertiary alicyclic amines) is 1. The van der Waals surface area contributed by atoms with E-state index in [1.165, 1.54) is 12.5 Å². The minimum atomic E-state index is -0.829. The molecule has 1 atom stereocenters. The van der Waals surface area contributed by atoms with E-state index < -0.39 is 11.6 Å². The molecule has 0 bridgehead atoms. The zero-order valence-electron chi connectivity index (χ0n) is 17.6. The second-order valence-corrected chi connectivity index (χ2v) is 7.97. The van der Waals surface area contributed by atoms with Crippen LogP contribution in [0.25, 0.3) is 0 Å². The van der Waals surface area contributed by atoms with Crippen LogP contribution in [-0.2, 0) is 11.2 Å². The smallest absolute Gasteiger partial charge is 0.225 e. The number of rotatable bonds is 6. The van der Waals surface area contributed by atoms with Crippen molar-refractivity contribution in [3.05, 3.63) is 35.4 Å². The number of nitrogens with one attached hydrogen (secondary N) is 2. The van der Waals surface area contributed by atoms with Gasteiger partial charge in [0.2, 0.25) is 5.91 Å². The fourth-order valence-electron chi connectivity index (χ4n) is 4.23. The number of halogens is 3. The monoisotopic (exact) mass is 534 g/mol. The molecule has 1 saturated heterocycles. The summed E-state index contributed by atoms with van der Waals surface area (Å²) in [5.41, 5.74) is 0.328. The van der Waals surface area contributed by atoms with Gasteiger partial charge < -0.3 is 15.5 Å². The molecule has 2 fully saturated rings. The number of aliphatic imine (C=N–C) groups is 1. The van der Waals surface area contributed by atoms with E-state index in [0.717, 1.165) is 44.7 Å². The highest BCUT2D eigenvalue weighted by molar-refractivity contribution is 14.0. The zero-order chi connectivity index (χ0) is 20.6. The van der Waals surface area contributed by atoms with Gasteiger partial charge in [-0.2, -0.15) is 0 Å². The number of hydrogen-bond acceptors (Lipinski definition) is 2. The highest BCUT2D eigenvalue weighted by atomic mass is 127. The molecule has 0 radical (unpaired) electrons. The number of hydrogen-bond donors (Lipinski definition) is 2. The minimum Gasteiger partial charge on any atom is -0.357 e. The first-order chi connectivity index (χ1) is 14.1. The fourth-order valence-corrected chi connectivity index (χ4v) is 4.23. The van der Waals surface area contributed by atoms with Gasteiger partial charge in [-0.3, -0.25) is 9.79 Å². The van der Waals surface area contributed by atoms with E-state index in [2.05, 4.69) is 15.6 Å². The minimum absolute atomic E-state index is 0. The molecule has 1 aromatic carbocycles. The molecule has 2 N–H and O–H groups in total. The quantitative estimate of drug-likeness (QED) is 0.331. The number of benzene rings is 1. The predicted molar refractivity (Wildman–Crippen MR) is 126 cm³/mol. The first kappa shape index (κ1) is 24.8. The highest BCUT2D eigenvalue weighted by Gasteiger charge is 2.31. The van der Waals surface area contributed by atoms with Crippen molar-refractivity contribution in [1.82, 2.24) is 15.5 Å². The Morgan fingerprint density at radius 1 is 1.20 bits per heavy atom. The maximum atomic E-state index is 13.8. The molecule has 1 aliphatic carbocycles. The van der Waals surface area contributed by atoms with E-state index in [0.29, 0.717) is 43.5 Å². The molecule has 168 valence electrons. The van der Waals surface area contributed by atoms with Crippen LogP contribution in [0.15, 0.2) is 23.2 Å². The normalized spacial score (nSPS) is 20.0. The van der Waals surface area contributed by atoms with Gasteiger partial charge in [-0.25, -0.2) is 8.78 Å². The van der Waals surface area contributed by atoms with E-state index in [4.69, 9.17) is 0 Å². The lowest BCUT2D eigenvalue weighted by Gasteiger charge is -2.26. The van der Waals surface area contributed by atoms with Gasteiger partial charge in [0.1, 0.15) is 0 Å². The molecule has 3 rings (SSSR count). The van der Waals surface area contributed by atoms with Crippen molar-refractivity contribution in [3.8, 4) is 0 Å². The molecule has 30 heavy (non-hydrogen) atoms. The summed E-state index contributed by atoms with van der Waals surface area (Å²) in [6.45, 7) is 4.51. The fraction of sp³-hybridized carbons (Fsp3) is 0.636. The summed E-state index contributed by atoms with van der Waals surface area (Å²) >= 11 is 0. The van der Waals surface area contributed by atoms with Crippen molar-refractivity contribution in [2.45, 2.75) is 57.9 Å². The van der Waals surface area contributed by atoms with Gasteiger partial charge in [0.25, 0.3) is 0 Å². The molecule has 1 aromatic rings. The Kier molecular flexibility index (Phi) is 10.3. The number of amides is 1. The summed E-state index contributed by atoms with van der Waals surface area (Å²) in [5, 5.41) is 6.59. The first-order valence-electron chi connectivity index (χ1n) is 10.8. The van der Waals surface area contributed by atoms with Gasteiger partial charge in [0.05, 0.1) is 0 Å². The van der Waals surface area contributed by atoms with E-state index >= 15 is 0 Å². The maximum Gasteiger partial charge on any atom is 0.225 e. The van der Waals surface area contributed by atoms with Gasteiger partial charge in [-0.05, 0) is 44.2 Å². The van der Waals surface area contributed by atoms with E-state index in [9.17, 15) is 13.6 Å². The van der Waals surface area contributed by atoms with Crippen LogP contribution in [0.3, 0.4) is 0 Å². The summed E-state index contributed by atoms with van der Waals surface area (Å²) in [5.74, 6) is -0.470. The Morgan fingerprint density at radius 2 is 1.97 bits per heavy atom. The second-order valence-electron chi connectivity index (χ2n) is 7.97. The Hall–Kier alpha value is -1.45. The standard InChI is InChI=1S/C22H32F2N4O.HI/c1-2-25-22(26-13-11-16-9-6-10-19(23)20(16)24)27-18-12-14-28(15-18)21(29)17-7-4-3-5-8-17;/h6,9-10,17-18H,2-5,7-8,11-15H2,1H3,(H2,25,26,27);1H. The number of carbonyl (C=O) groups excluding carboxylic acids is 1. The lowest BCUT2D eigenvalue weighted by atomic mass is 9.88. The number of carbonyl (C=O) groups is 1. The largest absolute Gasteiger partial charge is 0.357 e. The van der Waals surface area contributed by atoms with Gasteiger partial charge >= 0.3 is 0 Å². The van der Waals surface area contributed by atoms with Crippen molar-refractivity contribution >= 4 is 35.8 Å². The SMILES string of the molecule is CCNC(=NCCc1cccc(F)c1F)NC1CCN(C(=O)C2CCCCC2)C1.I. The Bertz CT molecular complexity index is 725. The van der Waals surface area contributed by atoms with Crippen LogP contribution >= 0.6 is 24.0 Å². The first-order valence-corrected chi connectivity index (χ1v) is 10.8. The maximum absolute atomic E-state index is 13.8. The van der Waals surface area contributed by atoms with Crippen LogP contribution in [0.5, 0.6) is 0 Å². The summed E-state index contributed by atoms with van der Waals surface area (Å²) < 4.78 is 27.1. The van der Waals surface area contributed by atoms with E-state index in [1.807, 2.05) is 11.8 Å². The predicted octanol–water partition coefficient (Wildman–Crippen LogP) is 3.86. The molecular formula is C22H33F2IN4O. The number of guanidine groups is 1. The Labute approximate surface area is 195 Å². The molecule has 2 aliphatic rings. The third kappa shape index (κ3) is 6.78. The van der Waals surface area contributed by atoms with Crippen LogP contribution in [0.2, 0.25) is 0 Å². The Balaban J connectivity index is 0.00000320. The summed E-state index contributed by atoms with van der Waals surface area (Å²) in [6.07, 6.45) is 6.83. The molecule has 8 heteroatoms. The van der Waals surface area contributed by atoms with Crippen molar-refractivity contribution in [2.24, 2.45) is 10.9 Å². The Morgan fingerprint density at radius 3 is 2.70 bits per heavy atom. The molecule has 1 aliphatic heterocycles. The summed E-state index contributed by atoms with van der Waals surface area (Å²) in [4.78, 5) is 19.2. The van der Waals surface area contributed by atoms with Crippen LogP contribution in [-0.4, -0.2) is 49.0 Å². The highest BCUT2D eigenvalue weighted by Crippen LogP contribution is 2.26. The van der Waals surface area contributed by atoms with Crippen molar-refractivity contribution in [1.29, 1.82) is 0 Å². The molecule has 5 nitrogen and oxygen atoms in total. The van der Waals surface area contributed by atoms with E-state index in [-0.39, 0.29) is 35.9 Å². The van der Waals surface area contributed by atoms with Crippen LogP contribution < -0.4 is 10.6 Å². The van der Waals surface area contributed by atoms with E-state index in [1.54, 1.807) is 6.07 Å². The average Bonchev–Trinajstić information content (AvgIpc) is 3.20. The molecule has 1 heterocycles. The lowest BCUT2D eigenvalue weighted by molar-refractivity contribution is -0.135. The molecule has 1 unspecified atom stereocenters. The van der Waals surface area contributed by atoms with Crippen LogP contribution in [0, 0.1) is 17.6 Å². The van der Waals surface area contributed by atoms with Crippen molar-refractivity contribution in [3.63, 3.8) is 0 Å². The van der Waals surface area contributed by atoms with Gasteiger partial charge in [-0.1, -0.05) is 31.4 Å².